The highest BCUT2D eigenvalue weighted by molar-refractivity contribution is 6.00. The van der Waals surface area contributed by atoms with E-state index in [0.29, 0.717) is 17.7 Å². The van der Waals surface area contributed by atoms with E-state index in [9.17, 15) is 23.6 Å². The number of hydrogen-bond acceptors (Lipinski definition) is 5. The van der Waals surface area contributed by atoms with E-state index in [-0.39, 0.29) is 30.4 Å². The highest BCUT2D eigenvalue weighted by Gasteiger charge is 2.54. The van der Waals surface area contributed by atoms with E-state index in [2.05, 4.69) is 17.6 Å². The molecule has 3 saturated heterocycles. The van der Waals surface area contributed by atoms with Crippen LogP contribution in [0.5, 0.6) is 0 Å². The molecule has 38 heavy (non-hydrogen) atoms. The van der Waals surface area contributed by atoms with E-state index >= 15 is 0 Å². The van der Waals surface area contributed by atoms with Gasteiger partial charge in [-0.15, -0.1) is 0 Å². The summed E-state index contributed by atoms with van der Waals surface area (Å²) in [7, 11) is 0. The van der Waals surface area contributed by atoms with Crippen LogP contribution < -0.4 is 10.6 Å². The molecule has 1 aromatic carbocycles. The van der Waals surface area contributed by atoms with Gasteiger partial charge in [-0.3, -0.25) is 14.4 Å². The quantitative estimate of drug-likeness (QED) is 0.589. The summed E-state index contributed by atoms with van der Waals surface area (Å²) in [4.78, 5) is 54.9. The van der Waals surface area contributed by atoms with Gasteiger partial charge in [0.05, 0.1) is 6.54 Å². The molecule has 4 amide bonds. The Morgan fingerprint density at radius 3 is 2.45 bits per heavy atom. The maximum Gasteiger partial charge on any atom is 0.321 e. The van der Waals surface area contributed by atoms with Crippen LogP contribution in [0.1, 0.15) is 68.6 Å². The molecule has 2 N–H and O–H groups in total. The van der Waals surface area contributed by atoms with Crippen LogP contribution in [0.25, 0.3) is 0 Å². The van der Waals surface area contributed by atoms with Crippen molar-refractivity contribution in [2.24, 2.45) is 5.41 Å². The van der Waals surface area contributed by atoms with Gasteiger partial charge >= 0.3 is 6.03 Å². The number of halogens is 1. The average Bonchev–Trinajstić information content (AvgIpc) is 3.61. The molecule has 10 heteroatoms. The molecule has 1 aromatic rings. The second-order valence-electron chi connectivity index (χ2n) is 11.5. The standard InChI is InChI=1S/C28H37FN4O5/c1-28(11-3-4-12-28)15-21(26(36)33-16-20(29)24-23(33)22(34)17-38-24)31-25(35)18-7-9-19(10-8-18)30-27(37)32-13-5-2-6-14-32/h7-10,20-21,23-24H,2-6,11-17H2,1H3,(H,30,37)(H,31,35)/t20-,21?,23+,24+/m0/s1. The Kier molecular flexibility index (Phi) is 7.70. The third kappa shape index (κ3) is 5.55. The molecule has 3 aliphatic heterocycles. The summed E-state index contributed by atoms with van der Waals surface area (Å²) in [6.07, 6.45) is 5.19. The normalized spacial score (nSPS) is 27.2. The van der Waals surface area contributed by atoms with Crippen LogP contribution in [-0.2, 0) is 14.3 Å². The number of benzene rings is 1. The number of ether oxygens (including phenoxy) is 1. The molecule has 0 spiro atoms. The molecular weight excluding hydrogens is 491 g/mol. The number of urea groups is 1. The Labute approximate surface area is 222 Å². The number of carbonyl (C=O) groups excluding carboxylic acids is 4. The summed E-state index contributed by atoms with van der Waals surface area (Å²) < 4.78 is 19.9. The zero-order valence-electron chi connectivity index (χ0n) is 21.9. The highest BCUT2D eigenvalue weighted by Crippen LogP contribution is 2.42. The summed E-state index contributed by atoms with van der Waals surface area (Å²) in [5, 5.41) is 5.76. The number of hydrogen-bond donors (Lipinski definition) is 2. The molecule has 206 valence electrons. The first-order valence-electron chi connectivity index (χ1n) is 13.8. The number of piperidine rings is 1. The second kappa shape index (κ2) is 11.0. The number of fused-ring (bicyclic) bond motifs is 1. The monoisotopic (exact) mass is 528 g/mol. The first kappa shape index (κ1) is 26.6. The van der Waals surface area contributed by atoms with Crippen LogP contribution >= 0.6 is 0 Å². The van der Waals surface area contributed by atoms with Gasteiger partial charge in [-0.05, 0) is 68.2 Å². The number of amides is 4. The van der Waals surface area contributed by atoms with E-state index < -0.39 is 36.2 Å². The van der Waals surface area contributed by atoms with Gasteiger partial charge in [0.25, 0.3) is 5.91 Å². The molecule has 1 saturated carbocycles. The Morgan fingerprint density at radius 1 is 1.08 bits per heavy atom. The van der Waals surface area contributed by atoms with Crippen LogP contribution in [-0.4, -0.2) is 84.0 Å². The van der Waals surface area contributed by atoms with E-state index in [1.54, 1.807) is 29.2 Å². The second-order valence-corrected chi connectivity index (χ2v) is 11.5. The summed E-state index contributed by atoms with van der Waals surface area (Å²) in [5.74, 6) is -1.17. The fraction of sp³-hybridized carbons (Fsp3) is 0.643. The van der Waals surface area contributed by atoms with Gasteiger partial charge in [0, 0.05) is 24.3 Å². The Bertz CT molecular complexity index is 1070. The van der Waals surface area contributed by atoms with Crippen molar-refractivity contribution in [3.8, 4) is 0 Å². The number of anilines is 1. The van der Waals surface area contributed by atoms with Gasteiger partial charge in [-0.25, -0.2) is 9.18 Å². The van der Waals surface area contributed by atoms with Crippen molar-refractivity contribution >= 4 is 29.3 Å². The molecule has 3 heterocycles. The Morgan fingerprint density at radius 2 is 1.76 bits per heavy atom. The average molecular weight is 529 g/mol. The summed E-state index contributed by atoms with van der Waals surface area (Å²) in [6, 6.07) is 4.57. The van der Waals surface area contributed by atoms with Gasteiger partial charge in [0.15, 0.2) is 5.78 Å². The SMILES string of the molecule is CC1(CC(NC(=O)c2ccc(NC(=O)N3CCCCC3)cc2)C(=O)N2C[C@H](F)[C@H]3OCC(=O)[C@H]32)CCCC1. The first-order chi connectivity index (χ1) is 18.2. The van der Waals surface area contributed by atoms with E-state index in [1.807, 2.05) is 0 Å². The van der Waals surface area contributed by atoms with Crippen LogP contribution in [0.2, 0.25) is 0 Å². The third-order valence-electron chi connectivity index (χ3n) is 8.56. The Balaban J connectivity index is 1.28. The summed E-state index contributed by atoms with van der Waals surface area (Å²) >= 11 is 0. The molecule has 1 aliphatic carbocycles. The zero-order chi connectivity index (χ0) is 26.9. The molecule has 9 nitrogen and oxygen atoms in total. The van der Waals surface area contributed by atoms with Crippen molar-refractivity contribution in [3.05, 3.63) is 29.8 Å². The number of nitrogens with zero attached hydrogens (tertiary/aromatic N) is 2. The number of alkyl halides is 1. The van der Waals surface area contributed by atoms with Crippen LogP contribution in [0.15, 0.2) is 24.3 Å². The molecule has 4 aliphatic rings. The minimum atomic E-state index is -1.43. The van der Waals surface area contributed by atoms with Gasteiger partial charge < -0.3 is 25.2 Å². The molecular formula is C28H37FN4O5. The summed E-state index contributed by atoms with van der Waals surface area (Å²) in [6.45, 7) is 3.17. The lowest BCUT2D eigenvalue weighted by Crippen LogP contribution is -2.53. The van der Waals surface area contributed by atoms with Crippen molar-refractivity contribution in [3.63, 3.8) is 0 Å². The lowest BCUT2D eigenvalue weighted by Gasteiger charge is -2.32. The lowest BCUT2D eigenvalue weighted by molar-refractivity contribution is -0.138. The van der Waals surface area contributed by atoms with E-state index in [1.165, 1.54) is 4.90 Å². The molecule has 0 bridgehead atoms. The number of rotatable bonds is 6. The van der Waals surface area contributed by atoms with Crippen molar-refractivity contribution in [2.45, 2.75) is 82.6 Å². The summed E-state index contributed by atoms with van der Waals surface area (Å²) in [5.41, 5.74) is 0.805. The first-order valence-corrected chi connectivity index (χ1v) is 13.8. The predicted octanol–water partition coefficient (Wildman–Crippen LogP) is 3.29. The zero-order valence-corrected chi connectivity index (χ0v) is 21.9. The number of ketones is 1. The molecule has 1 unspecified atom stereocenters. The van der Waals surface area contributed by atoms with Crippen molar-refractivity contribution in [2.75, 3.05) is 31.6 Å². The highest BCUT2D eigenvalue weighted by atomic mass is 19.1. The van der Waals surface area contributed by atoms with Gasteiger partial charge in [-0.1, -0.05) is 19.8 Å². The molecule has 0 radical (unpaired) electrons. The van der Waals surface area contributed by atoms with E-state index in [0.717, 1.165) is 58.0 Å². The number of Topliss-reactive ketones (excluding diaryl/α,β-unsaturated/α-hetero) is 1. The number of nitrogens with one attached hydrogen (secondary N) is 2. The van der Waals surface area contributed by atoms with Crippen molar-refractivity contribution < 1.29 is 28.3 Å². The number of likely N-dealkylation sites (tertiary alicyclic amines) is 2. The van der Waals surface area contributed by atoms with Crippen LogP contribution in [0, 0.1) is 5.41 Å². The fourth-order valence-electron chi connectivity index (χ4n) is 6.40. The minimum Gasteiger partial charge on any atom is -0.365 e. The van der Waals surface area contributed by atoms with Crippen molar-refractivity contribution in [1.29, 1.82) is 0 Å². The van der Waals surface area contributed by atoms with Crippen LogP contribution in [0.3, 0.4) is 0 Å². The predicted molar refractivity (Wildman–Crippen MR) is 138 cm³/mol. The molecule has 0 aromatic heterocycles. The smallest absolute Gasteiger partial charge is 0.321 e. The Hall–Kier alpha value is -3.01. The molecule has 5 rings (SSSR count). The van der Waals surface area contributed by atoms with Crippen LogP contribution in [0.4, 0.5) is 14.9 Å². The van der Waals surface area contributed by atoms with Gasteiger partial charge in [0.2, 0.25) is 5.91 Å². The fourth-order valence-corrected chi connectivity index (χ4v) is 6.40. The number of carbonyl (C=O) groups is 4. The largest absolute Gasteiger partial charge is 0.365 e. The maximum absolute atomic E-state index is 14.6. The molecule has 4 fully saturated rings. The third-order valence-corrected chi connectivity index (χ3v) is 8.56. The van der Waals surface area contributed by atoms with E-state index in [4.69, 9.17) is 4.74 Å². The van der Waals surface area contributed by atoms with Gasteiger partial charge in [0.1, 0.15) is 31.0 Å². The van der Waals surface area contributed by atoms with Crippen molar-refractivity contribution in [1.82, 2.24) is 15.1 Å². The lowest BCUT2D eigenvalue weighted by atomic mass is 9.81. The topological polar surface area (TPSA) is 108 Å². The van der Waals surface area contributed by atoms with Gasteiger partial charge in [-0.2, -0.15) is 0 Å². The minimum absolute atomic E-state index is 0.124. The maximum atomic E-state index is 14.6. The molecule has 4 atom stereocenters.